The van der Waals surface area contributed by atoms with E-state index in [0.29, 0.717) is 11.6 Å². The Morgan fingerprint density at radius 1 is 1.47 bits per heavy atom. The zero-order chi connectivity index (χ0) is 21.8. The van der Waals surface area contributed by atoms with E-state index in [1.54, 1.807) is 13.2 Å². The van der Waals surface area contributed by atoms with Crippen LogP contribution in [0.5, 0.6) is 5.88 Å². The molecule has 0 saturated carbocycles. The van der Waals surface area contributed by atoms with E-state index in [9.17, 15) is 23.5 Å². The lowest BCUT2D eigenvalue weighted by atomic mass is 10.2. The van der Waals surface area contributed by atoms with Crippen LogP contribution in [-0.2, 0) is 0 Å². The molecule has 0 bridgehead atoms. The Hall–Kier alpha value is -2.96. The summed E-state index contributed by atoms with van der Waals surface area (Å²) < 4.78 is 53.5. The summed E-state index contributed by atoms with van der Waals surface area (Å²) >= 11 is 0. The van der Waals surface area contributed by atoms with E-state index in [1.165, 1.54) is 17.2 Å². The number of nitrogens with two attached hydrogens (primary N) is 1. The fourth-order valence-corrected chi connectivity index (χ4v) is 3.12. The molecule has 9 nitrogen and oxygen atoms in total. The third-order valence-corrected chi connectivity index (χ3v) is 4.53. The molecule has 1 saturated heterocycles. The van der Waals surface area contributed by atoms with E-state index in [4.69, 9.17) is 10.5 Å². The predicted octanol–water partition coefficient (Wildman–Crippen LogP) is 0.978. The Bertz CT molecular complexity index is 896. The van der Waals surface area contributed by atoms with Crippen molar-refractivity contribution in [1.82, 2.24) is 10.5 Å². The number of nitrogens with one attached hydrogen (secondary N) is 1. The highest BCUT2D eigenvalue weighted by Gasteiger charge is 2.32. The summed E-state index contributed by atoms with van der Waals surface area (Å²) in [6.45, 7) is -0.673. The maximum absolute atomic E-state index is 14.7. The minimum absolute atomic E-state index is 0.0983. The molecule has 2 atom stereocenters. The van der Waals surface area contributed by atoms with Crippen molar-refractivity contribution >= 4 is 11.4 Å². The van der Waals surface area contributed by atoms with E-state index in [1.807, 2.05) is 0 Å². The van der Waals surface area contributed by atoms with Crippen LogP contribution in [0.3, 0.4) is 0 Å². The van der Waals surface area contributed by atoms with E-state index < -0.39 is 47.5 Å². The minimum atomic E-state index is -1.46. The molecule has 0 amide bonds. The number of hydroxylamine groups is 1. The van der Waals surface area contributed by atoms with Crippen LogP contribution in [0.1, 0.15) is 0 Å². The third-order valence-electron chi connectivity index (χ3n) is 4.53. The largest absolute Gasteiger partial charge is 0.473 e. The normalized spacial score (nSPS) is 18.7. The summed E-state index contributed by atoms with van der Waals surface area (Å²) in [5.41, 5.74) is 5.31. The summed E-state index contributed by atoms with van der Waals surface area (Å²) in [5.74, 6) is -3.90. The van der Waals surface area contributed by atoms with Crippen LogP contribution in [0.4, 0.5) is 24.5 Å². The monoisotopic (exact) mass is 429 g/mol. The molecule has 1 fully saturated rings. The second-order valence-corrected chi connectivity index (χ2v) is 6.73. The van der Waals surface area contributed by atoms with Crippen molar-refractivity contribution in [3.8, 4) is 5.88 Å². The number of anilines is 2. The number of halogens is 3. The van der Waals surface area contributed by atoms with Crippen LogP contribution in [0.25, 0.3) is 0 Å². The van der Waals surface area contributed by atoms with Gasteiger partial charge in [0.1, 0.15) is 30.3 Å². The Kier molecular flexibility index (Phi) is 6.70. The Morgan fingerprint density at radius 2 is 2.23 bits per heavy atom. The first-order chi connectivity index (χ1) is 14.3. The number of aromatic nitrogens is 1. The number of rotatable bonds is 8. The highest BCUT2D eigenvalue weighted by Crippen LogP contribution is 2.34. The Morgan fingerprint density at radius 3 is 2.90 bits per heavy atom. The smallest absolute Gasteiger partial charge is 0.254 e. The highest BCUT2D eigenvalue weighted by atomic mass is 19.2. The van der Waals surface area contributed by atoms with Crippen LogP contribution < -0.4 is 25.8 Å². The molecule has 2 unspecified atom stereocenters. The van der Waals surface area contributed by atoms with Crippen LogP contribution >= 0.6 is 0 Å². The van der Waals surface area contributed by atoms with Crippen molar-refractivity contribution in [1.29, 1.82) is 0 Å². The highest BCUT2D eigenvalue weighted by molar-refractivity contribution is 5.60. The molecule has 1 aromatic heterocycles. The zero-order valence-electron chi connectivity index (χ0n) is 16.1. The fourth-order valence-electron chi connectivity index (χ4n) is 3.12. The van der Waals surface area contributed by atoms with Gasteiger partial charge in [0, 0.05) is 38.3 Å². The van der Waals surface area contributed by atoms with E-state index in [-0.39, 0.29) is 30.6 Å². The Labute approximate surface area is 170 Å². The average molecular weight is 429 g/mol. The number of benzene rings is 1. The van der Waals surface area contributed by atoms with Gasteiger partial charge in [-0.3, -0.25) is 10.3 Å². The first-order valence-electron chi connectivity index (χ1n) is 9.03. The second-order valence-electron chi connectivity index (χ2n) is 6.73. The van der Waals surface area contributed by atoms with Crippen LogP contribution in [0, 0.1) is 17.5 Å². The van der Waals surface area contributed by atoms with Crippen molar-refractivity contribution in [2.75, 3.05) is 43.3 Å². The summed E-state index contributed by atoms with van der Waals surface area (Å²) in [7, 11) is 1.67. The molecule has 164 valence electrons. The molecule has 0 radical (unpaired) electrons. The molecule has 0 aliphatic carbocycles. The number of hydrogen-bond donors (Lipinski definition) is 4. The van der Waals surface area contributed by atoms with Gasteiger partial charge in [-0.2, -0.15) is 0 Å². The van der Waals surface area contributed by atoms with Crippen LogP contribution in [0.15, 0.2) is 34.7 Å². The standard InChI is InChI=1S/C18H22F3N5O4/c1-23-5-10-6-25(8-13(10)22)18-12(19)4-14(16(20)17(18)21)26(28)7-11(27)9-29-15-2-3-30-24-15/h2-5,11,13,23,27-28H,6-9,22H2,1H3/b10-5-. The lowest BCUT2D eigenvalue weighted by Crippen LogP contribution is -2.34. The molecular weight excluding hydrogens is 407 g/mol. The second kappa shape index (κ2) is 9.24. The van der Waals surface area contributed by atoms with E-state index in [0.717, 1.165) is 0 Å². The molecule has 2 aromatic rings. The summed E-state index contributed by atoms with van der Waals surface area (Å²) in [6, 6.07) is 1.59. The van der Waals surface area contributed by atoms with Crippen molar-refractivity contribution < 1.29 is 32.7 Å². The van der Waals surface area contributed by atoms with Crippen molar-refractivity contribution in [3.63, 3.8) is 0 Å². The van der Waals surface area contributed by atoms with Crippen LogP contribution in [0.2, 0.25) is 0 Å². The fraction of sp³-hybridized carbons (Fsp3) is 0.389. The molecule has 2 heterocycles. The molecule has 12 heteroatoms. The molecular formula is C18H22F3N5O4. The molecule has 0 spiro atoms. The zero-order valence-corrected chi connectivity index (χ0v) is 16.1. The third kappa shape index (κ3) is 4.61. The van der Waals surface area contributed by atoms with Crippen molar-refractivity contribution in [2.45, 2.75) is 12.1 Å². The topological polar surface area (TPSA) is 120 Å². The van der Waals surface area contributed by atoms with Gasteiger partial charge in [0.25, 0.3) is 5.88 Å². The van der Waals surface area contributed by atoms with E-state index in [2.05, 4.69) is 15.0 Å². The van der Waals surface area contributed by atoms with Gasteiger partial charge in [-0.15, -0.1) is 0 Å². The lowest BCUT2D eigenvalue weighted by molar-refractivity contribution is 0.0845. The molecule has 1 aliphatic rings. The first kappa shape index (κ1) is 21.7. The van der Waals surface area contributed by atoms with Gasteiger partial charge >= 0.3 is 0 Å². The summed E-state index contributed by atoms with van der Waals surface area (Å²) in [5, 5.41) is 26.4. The van der Waals surface area contributed by atoms with E-state index >= 15 is 0 Å². The number of nitrogens with zero attached hydrogens (tertiary/aromatic N) is 3. The summed E-state index contributed by atoms with van der Waals surface area (Å²) in [4.78, 5) is 1.29. The summed E-state index contributed by atoms with van der Waals surface area (Å²) in [6.07, 6.45) is 1.57. The minimum Gasteiger partial charge on any atom is -0.473 e. The Balaban J connectivity index is 1.73. The number of aliphatic hydroxyl groups is 1. The quantitative estimate of drug-likeness (QED) is 0.359. The van der Waals surface area contributed by atoms with Crippen LogP contribution in [-0.4, -0.2) is 60.9 Å². The lowest BCUT2D eigenvalue weighted by Gasteiger charge is -2.24. The molecule has 1 aromatic carbocycles. The van der Waals surface area contributed by atoms with Gasteiger partial charge in [0.2, 0.25) is 0 Å². The maximum Gasteiger partial charge on any atom is 0.254 e. The van der Waals surface area contributed by atoms with Gasteiger partial charge < -0.3 is 30.3 Å². The molecule has 3 rings (SSSR count). The van der Waals surface area contributed by atoms with Crippen molar-refractivity contribution in [3.05, 3.63) is 47.6 Å². The predicted molar refractivity (Wildman–Crippen MR) is 101 cm³/mol. The first-order valence-corrected chi connectivity index (χ1v) is 9.03. The van der Waals surface area contributed by atoms with Gasteiger partial charge in [0.15, 0.2) is 17.5 Å². The SMILES string of the molecule is CN/C=C1/CN(c2c(F)cc(N(O)CC(O)COc3ccon3)c(F)c2F)CC1N. The van der Waals surface area contributed by atoms with Gasteiger partial charge in [-0.1, -0.05) is 0 Å². The van der Waals surface area contributed by atoms with Gasteiger partial charge in [-0.25, -0.2) is 13.2 Å². The maximum atomic E-state index is 14.7. The molecule has 30 heavy (non-hydrogen) atoms. The average Bonchev–Trinajstić information content (AvgIpc) is 3.33. The number of ether oxygens (including phenoxy) is 1. The number of aliphatic hydroxyl groups excluding tert-OH is 1. The van der Waals surface area contributed by atoms with Gasteiger partial charge in [-0.05, 0) is 16.9 Å². The number of hydrogen-bond acceptors (Lipinski definition) is 9. The van der Waals surface area contributed by atoms with Gasteiger partial charge in [0.05, 0.1) is 6.54 Å². The molecule has 5 N–H and O–H groups in total. The van der Waals surface area contributed by atoms with Crippen molar-refractivity contribution in [2.24, 2.45) is 5.73 Å². The molecule has 1 aliphatic heterocycles.